The third-order valence-corrected chi connectivity index (χ3v) is 8.04. The fourth-order valence-corrected chi connectivity index (χ4v) is 6.01. The summed E-state index contributed by atoms with van der Waals surface area (Å²) in [6, 6.07) is 57.8. The molecule has 42 heavy (non-hydrogen) atoms. The Kier molecular flexibility index (Phi) is 5.82. The van der Waals surface area contributed by atoms with Crippen LogP contribution in [0.4, 0.5) is 17.1 Å². The molecule has 8 rings (SSSR count). The Morgan fingerprint density at radius 1 is 0.357 bits per heavy atom. The predicted molar refractivity (Wildman–Crippen MR) is 177 cm³/mol. The van der Waals surface area contributed by atoms with Crippen LogP contribution < -0.4 is 4.90 Å². The van der Waals surface area contributed by atoms with Gasteiger partial charge in [0.05, 0.1) is 0 Å². The molecule has 8 aromatic rings. The van der Waals surface area contributed by atoms with Crippen molar-refractivity contribution in [2.75, 3.05) is 4.90 Å². The van der Waals surface area contributed by atoms with Gasteiger partial charge in [-0.15, -0.1) is 0 Å². The van der Waals surface area contributed by atoms with E-state index in [9.17, 15) is 0 Å². The van der Waals surface area contributed by atoms with Gasteiger partial charge in [-0.25, -0.2) is 0 Å². The van der Waals surface area contributed by atoms with Gasteiger partial charge >= 0.3 is 0 Å². The second-order valence-electron chi connectivity index (χ2n) is 10.6. The van der Waals surface area contributed by atoms with E-state index in [0.717, 1.165) is 44.6 Å². The van der Waals surface area contributed by atoms with Gasteiger partial charge in [0.1, 0.15) is 11.2 Å². The molecule has 0 atom stereocenters. The van der Waals surface area contributed by atoms with Gasteiger partial charge in [-0.05, 0) is 87.6 Å². The number of hydrogen-bond donors (Lipinski definition) is 0. The van der Waals surface area contributed by atoms with E-state index in [1.54, 1.807) is 0 Å². The fourth-order valence-electron chi connectivity index (χ4n) is 6.01. The number of rotatable bonds is 5. The molecule has 0 aliphatic rings. The van der Waals surface area contributed by atoms with E-state index in [0.29, 0.717) is 0 Å². The lowest BCUT2D eigenvalue weighted by molar-refractivity contribution is 0.669. The molecule has 7 aromatic carbocycles. The zero-order valence-corrected chi connectivity index (χ0v) is 22.9. The van der Waals surface area contributed by atoms with Crippen molar-refractivity contribution in [1.82, 2.24) is 0 Å². The molecule has 198 valence electrons. The molecule has 2 nitrogen and oxygen atoms in total. The summed E-state index contributed by atoms with van der Waals surface area (Å²) in [7, 11) is 0. The first kappa shape index (κ1) is 24.2. The van der Waals surface area contributed by atoms with Crippen LogP contribution in [0.3, 0.4) is 0 Å². The SMILES string of the molecule is c1ccc(-c2cccc3ccc(-c4ccc5c(c4)oc4cc(N(c6ccccc6)c6ccccc6)ccc45)cc23)cc1. The summed E-state index contributed by atoms with van der Waals surface area (Å²) in [6.07, 6.45) is 0. The quantitative estimate of drug-likeness (QED) is 0.217. The van der Waals surface area contributed by atoms with Gasteiger partial charge in [-0.2, -0.15) is 0 Å². The second kappa shape index (κ2) is 10.1. The van der Waals surface area contributed by atoms with Crippen LogP contribution in [0, 0.1) is 0 Å². The number of para-hydroxylation sites is 2. The summed E-state index contributed by atoms with van der Waals surface area (Å²) in [5.41, 5.74) is 9.82. The van der Waals surface area contributed by atoms with Gasteiger partial charge in [0.25, 0.3) is 0 Å². The molecule has 0 radical (unpaired) electrons. The van der Waals surface area contributed by atoms with Crippen LogP contribution in [0.1, 0.15) is 0 Å². The minimum Gasteiger partial charge on any atom is -0.456 e. The monoisotopic (exact) mass is 537 g/mol. The van der Waals surface area contributed by atoms with Crippen molar-refractivity contribution >= 4 is 49.8 Å². The summed E-state index contributed by atoms with van der Waals surface area (Å²) in [5, 5.41) is 4.72. The first-order chi connectivity index (χ1) is 20.8. The first-order valence-corrected chi connectivity index (χ1v) is 14.3. The third-order valence-electron chi connectivity index (χ3n) is 8.04. The minimum atomic E-state index is 0.876. The minimum absolute atomic E-state index is 0.876. The molecule has 1 heterocycles. The molecule has 0 saturated carbocycles. The Morgan fingerprint density at radius 2 is 0.952 bits per heavy atom. The van der Waals surface area contributed by atoms with Gasteiger partial charge < -0.3 is 9.32 Å². The normalized spacial score (nSPS) is 11.3. The Bertz CT molecular complexity index is 2140. The van der Waals surface area contributed by atoms with E-state index in [2.05, 4.69) is 157 Å². The molecule has 0 fully saturated rings. The van der Waals surface area contributed by atoms with Crippen LogP contribution in [0.5, 0.6) is 0 Å². The van der Waals surface area contributed by atoms with Crippen LogP contribution in [-0.2, 0) is 0 Å². The number of nitrogens with zero attached hydrogens (tertiary/aromatic N) is 1. The Hall–Kier alpha value is -5.60. The van der Waals surface area contributed by atoms with Crippen LogP contribution in [0.25, 0.3) is 55.0 Å². The lowest BCUT2D eigenvalue weighted by Gasteiger charge is -2.25. The second-order valence-corrected chi connectivity index (χ2v) is 10.6. The Morgan fingerprint density at radius 3 is 1.67 bits per heavy atom. The van der Waals surface area contributed by atoms with E-state index < -0.39 is 0 Å². The number of hydrogen-bond acceptors (Lipinski definition) is 2. The highest BCUT2D eigenvalue weighted by Crippen LogP contribution is 2.39. The van der Waals surface area contributed by atoms with Gasteiger partial charge in [0, 0.05) is 33.9 Å². The molecule has 0 aliphatic carbocycles. The summed E-state index contributed by atoms with van der Waals surface area (Å²) in [6.45, 7) is 0. The molecule has 0 saturated heterocycles. The Balaban J connectivity index is 1.23. The standard InChI is InChI=1S/C40H27NO/c1-4-11-28(12-5-1)35-18-10-13-29-19-20-30(25-38(29)35)31-21-23-36-37-24-22-34(27-40(37)42-39(36)26-31)41(32-14-6-2-7-15-32)33-16-8-3-9-17-33/h1-27H. The van der Waals surface area contributed by atoms with Gasteiger partial charge in [0.2, 0.25) is 0 Å². The molecule has 0 bridgehead atoms. The zero-order chi connectivity index (χ0) is 27.9. The number of furan rings is 1. The van der Waals surface area contributed by atoms with Crippen molar-refractivity contribution in [3.63, 3.8) is 0 Å². The van der Waals surface area contributed by atoms with E-state index >= 15 is 0 Å². The third kappa shape index (κ3) is 4.22. The smallest absolute Gasteiger partial charge is 0.137 e. The Labute approximate surface area is 244 Å². The number of fused-ring (bicyclic) bond motifs is 4. The van der Waals surface area contributed by atoms with Crippen LogP contribution in [-0.4, -0.2) is 0 Å². The summed E-state index contributed by atoms with van der Waals surface area (Å²) < 4.78 is 6.53. The van der Waals surface area contributed by atoms with E-state index in [1.807, 2.05) is 12.1 Å². The lowest BCUT2D eigenvalue weighted by Crippen LogP contribution is -2.09. The topological polar surface area (TPSA) is 16.4 Å². The maximum Gasteiger partial charge on any atom is 0.137 e. The van der Waals surface area contributed by atoms with Crippen LogP contribution in [0.2, 0.25) is 0 Å². The molecule has 0 aliphatic heterocycles. The molecule has 0 N–H and O–H groups in total. The van der Waals surface area contributed by atoms with Crippen molar-refractivity contribution in [2.24, 2.45) is 0 Å². The molecular formula is C40H27NO. The maximum atomic E-state index is 6.53. The molecule has 0 unspecified atom stereocenters. The van der Waals surface area contributed by atoms with Gasteiger partial charge in [-0.1, -0.05) is 103 Å². The average molecular weight is 538 g/mol. The molecule has 0 spiro atoms. The summed E-state index contributed by atoms with van der Waals surface area (Å²) in [5.74, 6) is 0. The lowest BCUT2D eigenvalue weighted by atomic mass is 9.94. The van der Waals surface area contributed by atoms with Crippen molar-refractivity contribution in [3.8, 4) is 22.3 Å². The fraction of sp³-hybridized carbons (Fsp3) is 0. The van der Waals surface area contributed by atoms with E-state index in [1.165, 1.54) is 27.5 Å². The van der Waals surface area contributed by atoms with Gasteiger partial charge in [-0.3, -0.25) is 0 Å². The van der Waals surface area contributed by atoms with Crippen LogP contribution in [0.15, 0.2) is 168 Å². The molecule has 2 heteroatoms. The van der Waals surface area contributed by atoms with Crippen molar-refractivity contribution in [2.45, 2.75) is 0 Å². The number of benzene rings is 7. The first-order valence-electron chi connectivity index (χ1n) is 14.3. The molecule has 0 amide bonds. The summed E-state index contributed by atoms with van der Waals surface area (Å²) in [4.78, 5) is 2.26. The predicted octanol–water partition coefficient (Wildman–Crippen LogP) is 11.5. The van der Waals surface area contributed by atoms with Gasteiger partial charge in [0.15, 0.2) is 0 Å². The zero-order valence-electron chi connectivity index (χ0n) is 22.9. The highest BCUT2D eigenvalue weighted by atomic mass is 16.3. The maximum absolute atomic E-state index is 6.53. The van der Waals surface area contributed by atoms with Crippen molar-refractivity contribution in [1.29, 1.82) is 0 Å². The highest BCUT2D eigenvalue weighted by molar-refractivity contribution is 6.07. The highest BCUT2D eigenvalue weighted by Gasteiger charge is 2.15. The van der Waals surface area contributed by atoms with E-state index in [4.69, 9.17) is 4.42 Å². The van der Waals surface area contributed by atoms with Crippen LogP contribution >= 0.6 is 0 Å². The average Bonchev–Trinajstić information content (AvgIpc) is 3.43. The number of anilines is 3. The molecule has 1 aromatic heterocycles. The summed E-state index contributed by atoms with van der Waals surface area (Å²) >= 11 is 0. The van der Waals surface area contributed by atoms with E-state index in [-0.39, 0.29) is 0 Å². The largest absolute Gasteiger partial charge is 0.456 e. The molecular weight excluding hydrogens is 510 g/mol. The van der Waals surface area contributed by atoms with Crippen molar-refractivity contribution in [3.05, 3.63) is 164 Å². The van der Waals surface area contributed by atoms with Crippen molar-refractivity contribution < 1.29 is 4.42 Å².